The van der Waals surface area contributed by atoms with E-state index >= 15 is 0 Å². The van der Waals surface area contributed by atoms with Gasteiger partial charge in [-0.15, -0.1) is 0 Å². The van der Waals surface area contributed by atoms with Gasteiger partial charge in [-0.05, 0) is 102 Å². The number of alkyl halides is 3. The minimum atomic E-state index is -4.69. The van der Waals surface area contributed by atoms with E-state index in [-0.39, 0.29) is 36.4 Å². The lowest BCUT2D eigenvalue weighted by atomic mass is 9.75. The van der Waals surface area contributed by atoms with Gasteiger partial charge >= 0.3 is 11.9 Å². The van der Waals surface area contributed by atoms with Crippen molar-refractivity contribution in [2.24, 2.45) is 5.73 Å². The second-order valence-corrected chi connectivity index (χ2v) is 19.6. The molecule has 4 saturated heterocycles. The molecule has 2 aromatic heterocycles. The first-order chi connectivity index (χ1) is 33.7. The Balaban J connectivity index is 0.719. The van der Waals surface area contributed by atoms with E-state index in [1.54, 1.807) is 30.1 Å². The van der Waals surface area contributed by atoms with Gasteiger partial charge in [0.2, 0.25) is 18.2 Å². The number of amidine groups is 1. The molecule has 18 heteroatoms. The van der Waals surface area contributed by atoms with E-state index < -0.39 is 34.8 Å². The number of hydrogen-bond donors (Lipinski definition) is 3. The summed E-state index contributed by atoms with van der Waals surface area (Å²) in [5, 5.41) is 9.92. The van der Waals surface area contributed by atoms with Crippen molar-refractivity contribution in [1.29, 1.82) is 5.41 Å². The molecule has 0 aliphatic carbocycles. The molecule has 0 bridgehead atoms. The molecule has 366 valence electrons. The highest BCUT2D eigenvalue weighted by molar-refractivity contribution is 6.05. The largest absolute Gasteiger partial charge is 0.418 e. The van der Waals surface area contributed by atoms with E-state index in [9.17, 15) is 32.3 Å². The molecule has 3 aromatic carbocycles. The fourth-order valence-electron chi connectivity index (χ4n) is 10.8. The summed E-state index contributed by atoms with van der Waals surface area (Å²) >= 11 is 0. The summed E-state index contributed by atoms with van der Waals surface area (Å²) in [6.07, 6.45) is 3.60. The smallest absolute Gasteiger partial charge is 0.379 e. The lowest BCUT2D eigenvalue weighted by Gasteiger charge is -2.41. The molecule has 0 spiro atoms. The van der Waals surface area contributed by atoms with Crippen molar-refractivity contribution in [3.05, 3.63) is 135 Å². The Bertz CT molecular complexity index is 2950. The molecule has 0 saturated carbocycles. The molecule has 5 aliphatic heterocycles. The molecule has 15 nitrogen and oxygen atoms in total. The lowest BCUT2D eigenvalue weighted by molar-refractivity contribution is -0.365. The summed E-state index contributed by atoms with van der Waals surface area (Å²) in [5.41, 5.74) is 10.7. The normalized spacial score (nSPS) is 20.6. The van der Waals surface area contributed by atoms with Crippen molar-refractivity contribution in [1.82, 2.24) is 24.1 Å². The monoisotopic (exact) mass is 960 g/mol. The number of carbonyl (C=O) groups is 3. The second kappa shape index (κ2) is 18.9. The van der Waals surface area contributed by atoms with Gasteiger partial charge in [0.15, 0.2) is 5.84 Å². The molecule has 7 heterocycles. The fourth-order valence-corrected chi connectivity index (χ4v) is 10.8. The van der Waals surface area contributed by atoms with Crippen LogP contribution >= 0.6 is 0 Å². The SMILES string of the molecule is C[N+](C=N)=C(N)CC1(c2cccc(-n3cc4c(C(F)(F)F)cc(CN5CCC(OCc6ccc(C7CCN(c8ccc9c(c8)CN(C8CCC(=O)NC8=O)C9=O)CC7)cc6)CC5)cn4c3=O)c2)COC1. The molecular formula is C52H57F3N9O6+. The lowest BCUT2D eigenvalue weighted by Crippen LogP contribution is -2.52. The van der Waals surface area contributed by atoms with Gasteiger partial charge in [0.1, 0.15) is 6.04 Å². The molecule has 4 fully saturated rings. The summed E-state index contributed by atoms with van der Waals surface area (Å²) in [7, 11) is 1.69. The number of halogens is 3. The maximum Gasteiger partial charge on any atom is 0.418 e. The summed E-state index contributed by atoms with van der Waals surface area (Å²) in [6, 6.07) is 22.2. The molecule has 5 aliphatic rings. The quantitative estimate of drug-likeness (QED) is 0.0580. The van der Waals surface area contributed by atoms with Crippen molar-refractivity contribution in [2.75, 3.05) is 51.3 Å². The summed E-state index contributed by atoms with van der Waals surface area (Å²) in [4.78, 5) is 57.3. The minimum absolute atomic E-state index is 0.00982. The average molecular weight is 961 g/mol. The highest BCUT2D eigenvalue weighted by Gasteiger charge is 2.43. The molecule has 5 aromatic rings. The van der Waals surface area contributed by atoms with Crippen LogP contribution in [0.5, 0.6) is 0 Å². The van der Waals surface area contributed by atoms with Gasteiger partial charge in [-0.1, -0.05) is 36.4 Å². The second-order valence-electron chi connectivity index (χ2n) is 19.6. The summed E-state index contributed by atoms with van der Waals surface area (Å²) in [5.74, 6) is 0.00602. The highest BCUT2D eigenvalue weighted by Crippen LogP contribution is 2.39. The topological polar surface area (TPSA) is 171 Å². The number of hydrogen-bond acceptors (Lipinski definition) is 9. The number of nitrogens with zero attached hydrogens (tertiary/aromatic N) is 6. The first kappa shape index (κ1) is 47.1. The number of amides is 3. The number of carbonyl (C=O) groups excluding carboxylic acids is 3. The van der Waals surface area contributed by atoms with Gasteiger partial charge in [0, 0.05) is 75.8 Å². The zero-order valence-electron chi connectivity index (χ0n) is 39.1. The van der Waals surface area contributed by atoms with Gasteiger partial charge in [0.05, 0.1) is 55.2 Å². The third kappa shape index (κ3) is 9.27. The van der Waals surface area contributed by atoms with Gasteiger partial charge in [0.25, 0.3) is 5.91 Å². The highest BCUT2D eigenvalue weighted by atomic mass is 19.4. The first-order valence-electron chi connectivity index (χ1n) is 24.0. The zero-order chi connectivity index (χ0) is 48.9. The molecule has 10 rings (SSSR count). The molecule has 1 atom stereocenters. The van der Waals surface area contributed by atoms with E-state index in [0.29, 0.717) is 80.9 Å². The summed E-state index contributed by atoms with van der Waals surface area (Å²) in [6.45, 7) is 4.84. The predicted molar refractivity (Wildman–Crippen MR) is 255 cm³/mol. The van der Waals surface area contributed by atoms with Crippen LogP contribution in [0.4, 0.5) is 18.9 Å². The Morgan fingerprint density at radius 1 is 0.914 bits per heavy atom. The number of imide groups is 1. The maximum absolute atomic E-state index is 14.7. The number of ether oxygens (including phenoxy) is 2. The van der Waals surface area contributed by atoms with Crippen LogP contribution in [-0.2, 0) is 50.4 Å². The third-order valence-electron chi connectivity index (χ3n) is 15.0. The van der Waals surface area contributed by atoms with Crippen LogP contribution in [0.15, 0.2) is 90.0 Å². The number of pyridine rings is 1. The van der Waals surface area contributed by atoms with Crippen LogP contribution in [0.3, 0.4) is 0 Å². The van der Waals surface area contributed by atoms with Crippen molar-refractivity contribution in [3.63, 3.8) is 0 Å². The van der Waals surface area contributed by atoms with E-state index in [2.05, 4.69) is 45.4 Å². The first-order valence-corrected chi connectivity index (χ1v) is 24.0. The minimum Gasteiger partial charge on any atom is -0.379 e. The van der Waals surface area contributed by atoms with Crippen molar-refractivity contribution in [3.8, 4) is 5.69 Å². The Morgan fingerprint density at radius 2 is 1.67 bits per heavy atom. The van der Waals surface area contributed by atoms with E-state index in [1.165, 1.54) is 27.1 Å². The van der Waals surface area contributed by atoms with Crippen molar-refractivity contribution >= 4 is 41.1 Å². The zero-order valence-corrected chi connectivity index (χ0v) is 39.1. The molecule has 70 heavy (non-hydrogen) atoms. The van der Waals surface area contributed by atoms with E-state index in [1.807, 2.05) is 18.2 Å². The van der Waals surface area contributed by atoms with Crippen molar-refractivity contribution in [2.45, 2.75) is 94.3 Å². The van der Waals surface area contributed by atoms with Crippen LogP contribution < -0.4 is 21.6 Å². The van der Waals surface area contributed by atoms with Gasteiger partial charge in [-0.3, -0.25) is 33.6 Å². The number of fused-ring (bicyclic) bond motifs is 2. The van der Waals surface area contributed by atoms with Crippen LogP contribution in [0, 0.1) is 5.41 Å². The average Bonchev–Trinajstić information content (AvgIpc) is 3.86. The Hall–Kier alpha value is -6.63. The Labute approximate surface area is 402 Å². The van der Waals surface area contributed by atoms with Crippen molar-refractivity contribution < 1.29 is 41.6 Å². The van der Waals surface area contributed by atoms with Crippen LogP contribution in [0.2, 0.25) is 0 Å². The third-order valence-corrected chi connectivity index (χ3v) is 15.0. The number of anilines is 1. The standard InChI is InChI=1S/C52H56F3N9O6/c1-59(32-56)46(57)24-51(30-69-31-51)38-3-2-4-40(23-38)62-28-45-43(52(53,54)55)21-34(26-64(45)50(62)68)25-60-17-15-41(16-18-60)70-29-33-5-7-35(8-6-33)36-13-19-61(20-14-36)39-9-10-42-37(22-39)27-63(49(42)67)44-11-12-47(65)58-48(44)66/h2-10,21-23,26,28,32,36,41,44,56-57H,11-20,24-25,27,29-31H2,1H3,(H,58,65,66)/p+1. The number of imidazole rings is 1. The molecular weight excluding hydrogens is 904 g/mol. The fraction of sp³-hybridized carbons (Fsp3) is 0.423. The number of nitrogens with one attached hydrogen (secondary N) is 2. The molecule has 3 amide bonds. The Kier molecular flexibility index (Phi) is 12.7. The van der Waals surface area contributed by atoms with Crippen LogP contribution in [0.1, 0.15) is 94.6 Å². The van der Waals surface area contributed by atoms with Gasteiger partial charge in [-0.25, -0.2) is 9.37 Å². The van der Waals surface area contributed by atoms with Gasteiger partial charge in [-0.2, -0.15) is 18.6 Å². The number of piperidine rings is 3. The maximum atomic E-state index is 14.7. The number of benzene rings is 3. The van der Waals surface area contributed by atoms with E-state index in [4.69, 9.17) is 20.6 Å². The number of likely N-dealkylation sites (tertiary alicyclic amines) is 1. The molecule has 0 radical (unpaired) electrons. The van der Waals surface area contributed by atoms with Crippen LogP contribution in [-0.4, -0.2) is 112 Å². The van der Waals surface area contributed by atoms with Crippen LogP contribution in [0.25, 0.3) is 11.2 Å². The Morgan fingerprint density at radius 3 is 2.36 bits per heavy atom. The number of rotatable bonds is 13. The predicted octanol–water partition coefficient (Wildman–Crippen LogP) is 5.70. The number of aromatic nitrogens is 2. The van der Waals surface area contributed by atoms with E-state index in [0.717, 1.165) is 78.0 Å². The van der Waals surface area contributed by atoms with Gasteiger partial charge < -0.3 is 25.0 Å². The number of nitrogens with two attached hydrogens (primary N) is 1. The summed E-state index contributed by atoms with van der Waals surface area (Å²) < 4.78 is 59.8. The molecule has 4 N–H and O–H groups in total. The molecule has 1 unspecified atom stereocenters.